The first kappa shape index (κ1) is 23.8. The van der Waals surface area contributed by atoms with Crippen LogP contribution in [0.5, 0.6) is 0 Å². The van der Waals surface area contributed by atoms with Gasteiger partial charge in [0.2, 0.25) is 5.89 Å². The Morgan fingerprint density at radius 1 is 1.20 bits per heavy atom. The van der Waals surface area contributed by atoms with Crippen LogP contribution < -0.4 is 10.6 Å². The number of aliphatic imine (C=N–C) groups is 1. The molecule has 30 heavy (non-hydrogen) atoms. The summed E-state index contributed by atoms with van der Waals surface area (Å²) in [6, 6.07) is 8.07. The molecule has 0 fully saturated rings. The topological polar surface area (TPSA) is 105 Å². The lowest BCUT2D eigenvalue weighted by Crippen LogP contribution is -2.39. The maximum atomic E-state index is 10.5. The largest absolute Gasteiger partial charge is 0.387 e. The average molecular weight is 418 g/mol. The van der Waals surface area contributed by atoms with E-state index >= 15 is 0 Å². The molecule has 0 radical (unpaired) electrons. The number of ether oxygens (including phenoxy) is 1. The number of nitrogens with zero attached hydrogens (tertiary/aromatic N) is 3. The van der Waals surface area contributed by atoms with E-state index in [0.717, 1.165) is 5.56 Å². The molecule has 2 rings (SSSR count). The van der Waals surface area contributed by atoms with Gasteiger partial charge < -0.3 is 25.0 Å². The highest BCUT2D eigenvalue weighted by molar-refractivity contribution is 5.79. The van der Waals surface area contributed by atoms with Crippen LogP contribution >= 0.6 is 0 Å². The third kappa shape index (κ3) is 7.11. The molecule has 0 saturated heterocycles. The molecule has 0 aliphatic rings. The van der Waals surface area contributed by atoms with Crippen LogP contribution in [-0.4, -0.2) is 40.9 Å². The van der Waals surface area contributed by atoms with Crippen LogP contribution in [0.3, 0.4) is 0 Å². The fourth-order valence-corrected chi connectivity index (χ4v) is 2.83. The summed E-state index contributed by atoms with van der Waals surface area (Å²) in [6.45, 7) is 14.1. The van der Waals surface area contributed by atoms with Crippen LogP contribution in [0.2, 0.25) is 0 Å². The molecule has 0 spiro atoms. The normalized spacial score (nSPS) is 14.4. The first-order valence-electron chi connectivity index (χ1n) is 10.5. The van der Waals surface area contributed by atoms with E-state index in [9.17, 15) is 5.11 Å². The van der Waals surface area contributed by atoms with Crippen molar-refractivity contribution >= 4 is 5.96 Å². The van der Waals surface area contributed by atoms with Crippen molar-refractivity contribution in [2.24, 2.45) is 4.99 Å². The molecule has 0 aliphatic heterocycles. The molecule has 2 aromatic rings. The summed E-state index contributed by atoms with van der Waals surface area (Å²) in [5.41, 5.74) is 2.18. The molecule has 166 valence electrons. The van der Waals surface area contributed by atoms with Crippen LogP contribution in [-0.2, 0) is 16.7 Å². The Kier molecular flexibility index (Phi) is 8.80. The zero-order valence-electron chi connectivity index (χ0n) is 18.9. The predicted molar refractivity (Wildman–Crippen MR) is 117 cm³/mol. The number of rotatable bonds is 9. The molecule has 0 saturated carbocycles. The third-order valence-corrected chi connectivity index (χ3v) is 4.61. The van der Waals surface area contributed by atoms with Gasteiger partial charge in [-0.2, -0.15) is 4.98 Å². The van der Waals surface area contributed by atoms with Gasteiger partial charge in [0.15, 0.2) is 11.8 Å². The van der Waals surface area contributed by atoms with Gasteiger partial charge in [-0.15, -0.1) is 0 Å². The van der Waals surface area contributed by atoms with Crippen molar-refractivity contribution in [1.82, 2.24) is 20.8 Å². The van der Waals surface area contributed by atoms with Crippen LogP contribution in [0.25, 0.3) is 0 Å². The van der Waals surface area contributed by atoms with Crippen molar-refractivity contribution in [2.75, 3.05) is 19.7 Å². The van der Waals surface area contributed by atoms with E-state index in [1.807, 2.05) is 32.9 Å². The van der Waals surface area contributed by atoms with Gasteiger partial charge >= 0.3 is 0 Å². The van der Waals surface area contributed by atoms with Crippen LogP contribution in [0.1, 0.15) is 76.6 Å². The fourth-order valence-electron chi connectivity index (χ4n) is 2.83. The first-order chi connectivity index (χ1) is 14.2. The molecule has 2 unspecified atom stereocenters. The summed E-state index contributed by atoms with van der Waals surface area (Å²) >= 11 is 0. The zero-order chi connectivity index (χ0) is 22.1. The number of nitrogens with one attached hydrogen (secondary N) is 2. The van der Waals surface area contributed by atoms with Gasteiger partial charge in [0, 0.05) is 19.7 Å². The van der Waals surface area contributed by atoms with Gasteiger partial charge in [-0.05, 0) is 37.3 Å². The van der Waals surface area contributed by atoms with Gasteiger partial charge in [0.25, 0.3) is 0 Å². The summed E-state index contributed by atoms with van der Waals surface area (Å²) in [6.07, 6.45) is -0.868. The number of hydrogen-bond donors (Lipinski definition) is 3. The lowest BCUT2D eigenvalue weighted by atomic mass is 9.86. The molecular weight excluding hydrogens is 382 g/mol. The molecule has 3 N–H and O–H groups in total. The maximum absolute atomic E-state index is 10.5. The quantitative estimate of drug-likeness (QED) is 0.425. The minimum Gasteiger partial charge on any atom is -0.387 e. The molecule has 8 heteroatoms. The smallest absolute Gasteiger partial charge is 0.248 e. The number of aliphatic hydroxyl groups is 1. The van der Waals surface area contributed by atoms with Crippen molar-refractivity contribution in [3.05, 3.63) is 47.1 Å². The minimum atomic E-state index is -0.648. The zero-order valence-corrected chi connectivity index (χ0v) is 18.9. The highest BCUT2D eigenvalue weighted by Crippen LogP contribution is 2.23. The summed E-state index contributed by atoms with van der Waals surface area (Å²) in [7, 11) is 0. The predicted octanol–water partition coefficient (Wildman–Crippen LogP) is 3.25. The van der Waals surface area contributed by atoms with E-state index < -0.39 is 6.10 Å². The second-order valence-corrected chi connectivity index (χ2v) is 8.11. The van der Waals surface area contributed by atoms with Gasteiger partial charge in [0.05, 0.1) is 6.10 Å². The Morgan fingerprint density at radius 2 is 1.90 bits per heavy atom. The van der Waals surface area contributed by atoms with Crippen LogP contribution in [0.15, 0.2) is 33.8 Å². The van der Waals surface area contributed by atoms with E-state index in [2.05, 4.69) is 58.7 Å². The Balaban J connectivity index is 1.94. The lowest BCUT2D eigenvalue weighted by molar-refractivity contribution is 0.0683. The van der Waals surface area contributed by atoms with Gasteiger partial charge in [0.1, 0.15) is 12.6 Å². The molecule has 0 amide bonds. The van der Waals surface area contributed by atoms with Crippen molar-refractivity contribution in [3.8, 4) is 0 Å². The second kappa shape index (κ2) is 11.1. The first-order valence-corrected chi connectivity index (χ1v) is 10.5. The number of aliphatic hydroxyl groups excluding tert-OH is 1. The van der Waals surface area contributed by atoms with Crippen LogP contribution in [0, 0.1) is 0 Å². The molecule has 1 heterocycles. The van der Waals surface area contributed by atoms with E-state index in [1.165, 1.54) is 5.56 Å². The van der Waals surface area contributed by atoms with E-state index in [0.29, 0.717) is 37.4 Å². The SMILES string of the molecule is CCNC(=NCc1nc(C(C)OCC)no1)NCC(O)c1ccc(C(C)(C)C)cc1. The van der Waals surface area contributed by atoms with Crippen LogP contribution in [0.4, 0.5) is 0 Å². The fraction of sp³-hybridized carbons (Fsp3) is 0.591. The van der Waals surface area contributed by atoms with Crippen molar-refractivity contribution in [3.63, 3.8) is 0 Å². The summed E-state index contributed by atoms with van der Waals surface area (Å²) in [5.74, 6) is 1.49. The number of aromatic nitrogens is 2. The van der Waals surface area contributed by atoms with Crippen molar-refractivity contribution < 1.29 is 14.4 Å². The highest BCUT2D eigenvalue weighted by Gasteiger charge is 2.16. The number of benzene rings is 1. The minimum absolute atomic E-state index is 0.0850. The summed E-state index contributed by atoms with van der Waals surface area (Å²) in [5, 5.41) is 20.8. The van der Waals surface area contributed by atoms with Gasteiger partial charge in [-0.1, -0.05) is 50.2 Å². The monoisotopic (exact) mass is 417 g/mol. The average Bonchev–Trinajstić information content (AvgIpc) is 3.18. The number of guanidine groups is 1. The molecule has 1 aromatic carbocycles. The third-order valence-electron chi connectivity index (χ3n) is 4.61. The molecule has 2 atom stereocenters. The number of hydrogen-bond acceptors (Lipinski definition) is 6. The molecule has 8 nitrogen and oxygen atoms in total. The summed E-state index contributed by atoms with van der Waals surface area (Å²) < 4.78 is 10.7. The Labute approximate surface area is 179 Å². The Bertz CT molecular complexity index is 796. The van der Waals surface area contributed by atoms with Gasteiger partial charge in [-0.25, -0.2) is 4.99 Å². The van der Waals surface area contributed by atoms with Crippen molar-refractivity contribution in [1.29, 1.82) is 0 Å². The van der Waals surface area contributed by atoms with Gasteiger partial charge in [-0.3, -0.25) is 0 Å². The lowest BCUT2D eigenvalue weighted by Gasteiger charge is -2.20. The molecule has 0 bridgehead atoms. The van der Waals surface area contributed by atoms with E-state index in [-0.39, 0.29) is 18.1 Å². The highest BCUT2D eigenvalue weighted by atomic mass is 16.5. The van der Waals surface area contributed by atoms with E-state index in [4.69, 9.17) is 9.26 Å². The molecule has 0 aliphatic carbocycles. The second-order valence-electron chi connectivity index (χ2n) is 8.11. The molecule has 1 aromatic heterocycles. The Morgan fingerprint density at radius 3 is 2.50 bits per heavy atom. The summed E-state index contributed by atoms with van der Waals surface area (Å²) in [4.78, 5) is 8.78. The Hall–Kier alpha value is -2.45. The molecular formula is C22H35N5O3. The standard InChI is InChI=1S/C22H35N5O3/c1-7-23-21(25-14-19-26-20(27-30-19)15(3)29-8-2)24-13-18(28)16-9-11-17(12-10-16)22(4,5)6/h9-12,15,18,28H,7-8,13-14H2,1-6H3,(H2,23,24,25). The van der Waals surface area contributed by atoms with E-state index in [1.54, 1.807) is 0 Å². The maximum Gasteiger partial charge on any atom is 0.248 e. The van der Waals surface area contributed by atoms with Crippen molar-refractivity contribution in [2.45, 2.75) is 65.7 Å².